The summed E-state index contributed by atoms with van der Waals surface area (Å²) < 4.78 is 0. The van der Waals surface area contributed by atoms with Gasteiger partial charge in [-0.2, -0.15) is 0 Å². The van der Waals surface area contributed by atoms with Gasteiger partial charge in [0.25, 0.3) is 0 Å². The van der Waals surface area contributed by atoms with Crippen LogP contribution in [0.2, 0.25) is 0 Å². The Balaban J connectivity index is 2.50. The van der Waals surface area contributed by atoms with E-state index in [2.05, 4.69) is 14.8 Å². The lowest BCUT2D eigenvalue weighted by atomic mass is 10.5. The Bertz CT molecular complexity index is 137. The second kappa shape index (κ2) is 2.44. The molecule has 1 aromatic heterocycles. The van der Waals surface area contributed by atoms with Gasteiger partial charge in [0, 0.05) is 12.1 Å². The van der Waals surface area contributed by atoms with Gasteiger partial charge in [0.2, 0.25) is 0 Å². The minimum absolute atomic E-state index is 0.142. The predicted octanol–water partition coefficient (Wildman–Crippen LogP) is -0.0900. The number of aromatic nitrogens is 2. The van der Waals surface area contributed by atoms with Crippen molar-refractivity contribution in [1.82, 2.24) is 15.9 Å². The Hall–Kier alpha value is -0.870. The van der Waals surface area contributed by atoms with E-state index in [1.807, 2.05) is 0 Å². The van der Waals surface area contributed by atoms with Crippen LogP contribution in [0.25, 0.3) is 0 Å². The van der Waals surface area contributed by atoms with Crippen LogP contribution in [0, 0.1) is 0 Å². The molecule has 2 radical (unpaired) electrons. The monoisotopic (exact) mass is 111 g/mol. The molecule has 0 aliphatic rings. The largest absolute Gasteiger partial charge is 0.351 e. The number of aromatic amines is 1. The molecule has 4 nitrogen and oxygen atoms in total. The lowest BCUT2D eigenvalue weighted by molar-refractivity contribution is 0.102. The van der Waals surface area contributed by atoms with Crippen molar-refractivity contribution in [2.24, 2.45) is 0 Å². The smallest absolute Gasteiger partial charge is 0.116 e. The molecule has 1 N–H and O–H groups in total. The molecular formula is C4H5N3O. The van der Waals surface area contributed by atoms with Gasteiger partial charge in [0.05, 0.1) is 12.0 Å². The molecule has 42 valence electrons. The zero-order valence-corrected chi connectivity index (χ0v) is 4.16. The lowest BCUT2D eigenvalue weighted by Crippen LogP contribution is -1.87. The van der Waals surface area contributed by atoms with Gasteiger partial charge in [-0.05, 0) is 0 Å². The molecule has 1 rings (SSSR count). The van der Waals surface area contributed by atoms with Crippen molar-refractivity contribution in [3.8, 4) is 0 Å². The zero-order valence-electron chi connectivity index (χ0n) is 4.16. The molecule has 0 saturated heterocycles. The van der Waals surface area contributed by atoms with Crippen LogP contribution in [0.3, 0.4) is 0 Å². The molecule has 0 aliphatic carbocycles. The van der Waals surface area contributed by atoms with Gasteiger partial charge in [-0.3, -0.25) is 4.84 Å². The topological polar surface area (TPSA) is 60.2 Å². The van der Waals surface area contributed by atoms with E-state index in [1.165, 1.54) is 6.33 Å². The van der Waals surface area contributed by atoms with Crippen molar-refractivity contribution in [3.63, 3.8) is 0 Å². The summed E-state index contributed by atoms with van der Waals surface area (Å²) in [6, 6.07) is 0. The number of H-pyrrole nitrogens is 1. The number of rotatable bonds is 2. The quantitative estimate of drug-likeness (QED) is 0.542. The van der Waals surface area contributed by atoms with Gasteiger partial charge in [-0.25, -0.2) is 4.98 Å². The van der Waals surface area contributed by atoms with Crippen LogP contribution in [-0.4, -0.2) is 9.97 Å². The molecule has 0 aromatic carbocycles. The molecule has 0 aliphatic heterocycles. The molecular weight excluding hydrogens is 106 g/mol. The summed E-state index contributed by atoms with van der Waals surface area (Å²) in [4.78, 5) is 10.3. The average Bonchev–Trinajstić information content (AvgIpc) is 2.19. The first-order valence-corrected chi connectivity index (χ1v) is 2.17. The summed E-state index contributed by atoms with van der Waals surface area (Å²) in [6.07, 6.45) is 3.17. The van der Waals surface area contributed by atoms with E-state index >= 15 is 0 Å². The fourth-order valence-electron chi connectivity index (χ4n) is 0.436. The highest BCUT2D eigenvalue weighted by Gasteiger charge is 1.89. The highest BCUT2D eigenvalue weighted by atomic mass is 16.6. The Morgan fingerprint density at radius 1 is 1.88 bits per heavy atom. The van der Waals surface area contributed by atoms with Gasteiger partial charge in [-0.1, -0.05) is 0 Å². The molecule has 0 spiro atoms. The van der Waals surface area contributed by atoms with Gasteiger partial charge in [-0.15, -0.1) is 0 Å². The standard InChI is InChI=1S/C4H5N3O/c5-8-2-4-1-6-3-7-4/h1,3H,2H2,(H,6,7). The maximum Gasteiger partial charge on any atom is 0.116 e. The van der Waals surface area contributed by atoms with E-state index < -0.39 is 0 Å². The van der Waals surface area contributed by atoms with Crippen molar-refractivity contribution < 1.29 is 4.84 Å². The molecule has 0 atom stereocenters. The minimum atomic E-state index is 0.142. The average molecular weight is 111 g/mol. The molecule has 0 amide bonds. The molecule has 8 heavy (non-hydrogen) atoms. The molecule has 0 fully saturated rings. The summed E-state index contributed by atoms with van der Waals surface area (Å²) >= 11 is 0. The van der Waals surface area contributed by atoms with E-state index in [4.69, 9.17) is 5.90 Å². The van der Waals surface area contributed by atoms with E-state index in [9.17, 15) is 0 Å². The fourth-order valence-corrected chi connectivity index (χ4v) is 0.436. The summed E-state index contributed by atoms with van der Waals surface area (Å²) in [5.41, 5.74) is 0.688. The van der Waals surface area contributed by atoms with Crippen molar-refractivity contribution in [1.29, 1.82) is 0 Å². The first-order valence-electron chi connectivity index (χ1n) is 2.17. The number of imidazole rings is 1. The lowest BCUT2D eigenvalue weighted by Gasteiger charge is -1.83. The molecule has 0 unspecified atom stereocenters. The van der Waals surface area contributed by atoms with Gasteiger partial charge < -0.3 is 4.98 Å². The van der Waals surface area contributed by atoms with Crippen molar-refractivity contribution in [3.05, 3.63) is 18.2 Å². The first kappa shape index (κ1) is 5.27. The number of hydrogen-bond donors (Lipinski definition) is 1. The second-order valence-corrected chi connectivity index (χ2v) is 1.33. The first-order chi connectivity index (χ1) is 3.93. The van der Waals surface area contributed by atoms with E-state index in [0.717, 1.165) is 0 Å². The SMILES string of the molecule is [N]OCc1c[nH]cn1. The Morgan fingerprint density at radius 3 is 3.25 bits per heavy atom. The van der Waals surface area contributed by atoms with Crippen molar-refractivity contribution >= 4 is 0 Å². The summed E-state index contributed by atoms with van der Waals surface area (Å²) in [5.74, 6) is 7.88. The Labute approximate surface area is 46.6 Å². The molecule has 1 heterocycles. The van der Waals surface area contributed by atoms with Crippen molar-refractivity contribution in [2.75, 3.05) is 0 Å². The summed E-state index contributed by atoms with van der Waals surface area (Å²) in [5, 5.41) is 0. The third-order valence-corrected chi connectivity index (χ3v) is 0.767. The fraction of sp³-hybridized carbons (Fsp3) is 0.250. The minimum Gasteiger partial charge on any atom is -0.351 e. The summed E-state index contributed by atoms with van der Waals surface area (Å²) in [7, 11) is 0. The molecule has 0 saturated carbocycles. The Morgan fingerprint density at radius 2 is 2.75 bits per heavy atom. The second-order valence-electron chi connectivity index (χ2n) is 1.33. The van der Waals surface area contributed by atoms with E-state index in [0.29, 0.717) is 5.69 Å². The number of nitrogens with zero attached hydrogens (tertiary/aromatic N) is 2. The number of nitrogens with one attached hydrogen (secondary N) is 1. The predicted molar refractivity (Wildman–Crippen MR) is 25.5 cm³/mol. The third-order valence-electron chi connectivity index (χ3n) is 0.767. The van der Waals surface area contributed by atoms with Crippen LogP contribution >= 0.6 is 0 Å². The highest BCUT2D eigenvalue weighted by molar-refractivity contribution is 4.90. The number of hydrogen-bond acceptors (Lipinski definition) is 2. The Kier molecular flexibility index (Phi) is 1.61. The van der Waals surface area contributed by atoms with Crippen LogP contribution in [0.5, 0.6) is 0 Å². The molecule has 4 heteroatoms. The van der Waals surface area contributed by atoms with E-state index in [-0.39, 0.29) is 6.61 Å². The van der Waals surface area contributed by atoms with Crippen molar-refractivity contribution in [2.45, 2.75) is 6.61 Å². The van der Waals surface area contributed by atoms with Crippen LogP contribution in [-0.2, 0) is 11.4 Å². The van der Waals surface area contributed by atoms with Gasteiger partial charge >= 0.3 is 0 Å². The maximum absolute atomic E-state index is 7.88. The highest BCUT2D eigenvalue weighted by Crippen LogP contribution is 1.89. The van der Waals surface area contributed by atoms with Gasteiger partial charge in [0.1, 0.15) is 6.61 Å². The van der Waals surface area contributed by atoms with Crippen LogP contribution < -0.4 is 5.90 Å². The van der Waals surface area contributed by atoms with Crippen LogP contribution in [0.15, 0.2) is 12.5 Å². The van der Waals surface area contributed by atoms with Crippen LogP contribution in [0.1, 0.15) is 5.69 Å². The maximum atomic E-state index is 7.88. The normalized spacial score (nSPS) is 9.62. The van der Waals surface area contributed by atoms with Crippen LogP contribution in [0.4, 0.5) is 0 Å². The van der Waals surface area contributed by atoms with Gasteiger partial charge in [0.15, 0.2) is 0 Å². The molecule has 0 bridgehead atoms. The molecule has 1 aromatic rings. The zero-order chi connectivity index (χ0) is 5.82. The van der Waals surface area contributed by atoms with E-state index in [1.54, 1.807) is 6.20 Å². The summed E-state index contributed by atoms with van der Waals surface area (Å²) in [6.45, 7) is 0.142. The third kappa shape index (κ3) is 1.05.